The number of non-ortho nitro benzene ring substituents is 1. The van der Waals surface area contributed by atoms with Crippen molar-refractivity contribution in [2.75, 3.05) is 6.54 Å². The number of rotatable bonds is 4. The Hall–Kier alpha value is -1.91. The maximum absolute atomic E-state index is 11.5. The number of carbonyl (C=O) groups is 1. The molecule has 0 bridgehead atoms. The molecule has 0 aliphatic rings. The topological polar surface area (TPSA) is 72.2 Å². The van der Waals surface area contributed by atoms with Gasteiger partial charge in [0.25, 0.3) is 11.6 Å². The molecule has 0 saturated carbocycles. The van der Waals surface area contributed by atoms with E-state index < -0.39 is 4.92 Å². The minimum absolute atomic E-state index is 0.0135. The molecule has 16 heavy (non-hydrogen) atoms. The molecule has 0 saturated heterocycles. The molecule has 0 aliphatic heterocycles. The number of nitrogens with zero attached hydrogens (tertiary/aromatic N) is 1. The maximum Gasteiger partial charge on any atom is 0.269 e. The van der Waals surface area contributed by atoms with Gasteiger partial charge < -0.3 is 5.32 Å². The summed E-state index contributed by atoms with van der Waals surface area (Å²) >= 11 is 0. The highest BCUT2D eigenvalue weighted by molar-refractivity contribution is 5.94. The second-order valence-corrected chi connectivity index (χ2v) is 3.91. The fourth-order valence-corrected chi connectivity index (χ4v) is 1.13. The predicted octanol–water partition coefficient (Wildman–Crippen LogP) is 1.98. The Morgan fingerprint density at radius 2 is 1.94 bits per heavy atom. The lowest BCUT2D eigenvalue weighted by Gasteiger charge is -2.07. The number of carbonyl (C=O) groups excluding carboxylic acids is 1. The highest BCUT2D eigenvalue weighted by atomic mass is 16.6. The van der Waals surface area contributed by atoms with Crippen LogP contribution in [0.1, 0.15) is 24.2 Å². The molecule has 1 rings (SSSR count). The van der Waals surface area contributed by atoms with Crippen LogP contribution in [0, 0.1) is 16.0 Å². The van der Waals surface area contributed by atoms with E-state index in [-0.39, 0.29) is 11.6 Å². The summed E-state index contributed by atoms with van der Waals surface area (Å²) < 4.78 is 0. The van der Waals surface area contributed by atoms with Crippen LogP contribution in [0.3, 0.4) is 0 Å². The summed E-state index contributed by atoms with van der Waals surface area (Å²) in [6.07, 6.45) is 0. The van der Waals surface area contributed by atoms with Gasteiger partial charge >= 0.3 is 0 Å². The lowest BCUT2D eigenvalue weighted by molar-refractivity contribution is -0.384. The second-order valence-electron chi connectivity index (χ2n) is 3.91. The van der Waals surface area contributed by atoms with Gasteiger partial charge in [0, 0.05) is 24.2 Å². The summed E-state index contributed by atoms with van der Waals surface area (Å²) in [6.45, 7) is 4.59. The molecule has 0 aromatic heterocycles. The van der Waals surface area contributed by atoms with Crippen molar-refractivity contribution in [3.63, 3.8) is 0 Å². The van der Waals surface area contributed by atoms with Crippen molar-refractivity contribution in [2.45, 2.75) is 13.8 Å². The van der Waals surface area contributed by atoms with Crippen LogP contribution >= 0.6 is 0 Å². The Labute approximate surface area is 93.6 Å². The van der Waals surface area contributed by atoms with Crippen molar-refractivity contribution >= 4 is 11.6 Å². The molecule has 0 heterocycles. The van der Waals surface area contributed by atoms with Crippen LogP contribution in [0.2, 0.25) is 0 Å². The smallest absolute Gasteiger partial charge is 0.269 e. The third-order valence-corrected chi connectivity index (χ3v) is 2.01. The van der Waals surface area contributed by atoms with Crippen molar-refractivity contribution in [1.29, 1.82) is 0 Å². The molecule has 0 atom stereocenters. The van der Waals surface area contributed by atoms with Gasteiger partial charge in [-0.1, -0.05) is 13.8 Å². The van der Waals surface area contributed by atoms with E-state index in [2.05, 4.69) is 5.32 Å². The second kappa shape index (κ2) is 5.25. The monoisotopic (exact) mass is 222 g/mol. The normalized spacial score (nSPS) is 10.2. The molecule has 0 radical (unpaired) electrons. The fourth-order valence-electron chi connectivity index (χ4n) is 1.13. The standard InChI is InChI=1S/C11H14N2O3/c1-8(2)7-12-11(14)9-3-5-10(6-4-9)13(15)16/h3-6,8H,7H2,1-2H3,(H,12,14). The van der Waals surface area contributed by atoms with Gasteiger partial charge in [-0.3, -0.25) is 14.9 Å². The van der Waals surface area contributed by atoms with Gasteiger partial charge in [0.2, 0.25) is 0 Å². The number of benzene rings is 1. The van der Waals surface area contributed by atoms with Crippen LogP contribution in [0.4, 0.5) is 5.69 Å². The SMILES string of the molecule is CC(C)CNC(=O)c1ccc([N+](=O)[O-])cc1. The Morgan fingerprint density at radius 1 is 1.38 bits per heavy atom. The molecule has 5 nitrogen and oxygen atoms in total. The Balaban J connectivity index is 2.67. The average molecular weight is 222 g/mol. The fraction of sp³-hybridized carbons (Fsp3) is 0.364. The molecular weight excluding hydrogens is 208 g/mol. The number of amides is 1. The zero-order valence-corrected chi connectivity index (χ0v) is 9.27. The quantitative estimate of drug-likeness (QED) is 0.625. The summed E-state index contributed by atoms with van der Waals surface area (Å²) in [5.74, 6) is 0.172. The van der Waals surface area contributed by atoms with E-state index in [1.807, 2.05) is 13.8 Å². The highest BCUT2D eigenvalue weighted by Crippen LogP contribution is 2.11. The predicted molar refractivity (Wildman–Crippen MR) is 60.3 cm³/mol. The van der Waals surface area contributed by atoms with Crippen molar-refractivity contribution in [2.24, 2.45) is 5.92 Å². The summed E-state index contributed by atoms with van der Waals surface area (Å²) in [4.78, 5) is 21.5. The van der Waals surface area contributed by atoms with E-state index in [9.17, 15) is 14.9 Å². The lowest BCUT2D eigenvalue weighted by Crippen LogP contribution is -2.27. The van der Waals surface area contributed by atoms with Crippen LogP contribution in [-0.4, -0.2) is 17.4 Å². The van der Waals surface area contributed by atoms with E-state index in [4.69, 9.17) is 0 Å². The molecule has 0 aliphatic carbocycles. The van der Waals surface area contributed by atoms with Gasteiger partial charge in [-0.2, -0.15) is 0 Å². The summed E-state index contributed by atoms with van der Waals surface area (Å²) in [5, 5.41) is 13.1. The van der Waals surface area contributed by atoms with Crippen molar-refractivity contribution in [3.05, 3.63) is 39.9 Å². The van der Waals surface area contributed by atoms with Crippen molar-refractivity contribution in [1.82, 2.24) is 5.32 Å². The largest absolute Gasteiger partial charge is 0.352 e. The Bertz CT molecular complexity index is 385. The number of hydrogen-bond donors (Lipinski definition) is 1. The van der Waals surface area contributed by atoms with Gasteiger partial charge in [0.05, 0.1) is 4.92 Å². The van der Waals surface area contributed by atoms with Crippen LogP contribution in [0.25, 0.3) is 0 Å². The van der Waals surface area contributed by atoms with Gasteiger partial charge in [0.1, 0.15) is 0 Å². The molecule has 1 N–H and O–H groups in total. The first-order valence-electron chi connectivity index (χ1n) is 5.03. The molecule has 1 aromatic rings. The first kappa shape index (κ1) is 12.2. The molecule has 86 valence electrons. The number of nitro benzene ring substituents is 1. The van der Waals surface area contributed by atoms with E-state index in [1.54, 1.807) is 0 Å². The lowest BCUT2D eigenvalue weighted by atomic mass is 10.2. The summed E-state index contributed by atoms with van der Waals surface area (Å²) in [5.41, 5.74) is 0.423. The summed E-state index contributed by atoms with van der Waals surface area (Å²) in [7, 11) is 0. The number of nitrogens with one attached hydrogen (secondary N) is 1. The molecule has 5 heteroatoms. The van der Waals surface area contributed by atoms with Gasteiger partial charge in [-0.05, 0) is 18.1 Å². The maximum atomic E-state index is 11.5. The summed E-state index contributed by atoms with van der Waals surface area (Å²) in [6, 6.07) is 5.55. The Morgan fingerprint density at radius 3 is 2.38 bits per heavy atom. The van der Waals surface area contributed by atoms with E-state index in [0.29, 0.717) is 18.0 Å². The van der Waals surface area contributed by atoms with E-state index in [0.717, 1.165) is 0 Å². The number of hydrogen-bond acceptors (Lipinski definition) is 3. The van der Waals surface area contributed by atoms with Gasteiger partial charge in [0.15, 0.2) is 0 Å². The molecule has 0 unspecified atom stereocenters. The molecular formula is C11H14N2O3. The third-order valence-electron chi connectivity index (χ3n) is 2.01. The van der Waals surface area contributed by atoms with Crippen LogP contribution in [-0.2, 0) is 0 Å². The van der Waals surface area contributed by atoms with Gasteiger partial charge in [-0.15, -0.1) is 0 Å². The van der Waals surface area contributed by atoms with Crippen LogP contribution in [0.5, 0.6) is 0 Å². The number of nitro groups is 1. The zero-order valence-electron chi connectivity index (χ0n) is 9.27. The molecule has 1 aromatic carbocycles. The zero-order chi connectivity index (χ0) is 12.1. The first-order valence-corrected chi connectivity index (χ1v) is 5.03. The van der Waals surface area contributed by atoms with Crippen LogP contribution < -0.4 is 5.32 Å². The molecule has 0 spiro atoms. The molecule has 0 fully saturated rings. The molecule has 1 amide bonds. The van der Waals surface area contributed by atoms with Gasteiger partial charge in [-0.25, -0.2) is 0 Å². The van der Waals surface area contributed by atoms with E-state index >= 15 is 0 Å². The average Bonchev–Trinajstić information content (AvgIpc) is 2.26. The minimum Gasteiger partial charge on any atom is -0.352 e. The minimum atomic E-state index is -0.490. The van der Waals surface area contributed by atoms with Crippen LogP contribution in [0.15, 0.2) is 24.3 Å². The third kappa shape index (κ3) is 3.34. The van der Waals surface area contributed by atoms with E-state index in [1.165, 1.54) is 24.3 Å². The van der Waals surface area contributed by atoms with Crippen molar-refractivity contribution in [3.8, 4) is 0 Å². The first-order chi connectivity index (χ1) is 7.50. The Kier molecular flexibility index (Phi) is 3.99. The van der Waals surface area contributed by atoms with Crippen molar-refractivity contribution < 1.29 is 9.72 Å². The highest BCUT2D eigenvalue weighted by Gasteiger charge is 2.09.